The maximum absolute atomic E-state index is 12.7. The van der Waals surface area contributed by atoms with Gasteiger partial charge >= 0.3 is 11.4 Å². The number of ether oxygens (including phenoxy) is 1. The molecule has 0 bridgehead atoms. The number of halogens is 4. The molecule has 0 fully saturated rings. The number of hydrogen-bond donors (Lipinski definition) is 0. The first-order valence-corrected chi connectivity index (χ1v) is 10.5. The van der Waals surface area contributed by atoms with Crippen LogP contribution >= 0.6 is 0 Å². The zero-order valence-corrected chi connectivity index (χ0v) is 17.5. The van der Waals surface area contributed by atoms with Crippen molar-refractivity contribution in [3.8, 4) is 0 Å². The van der Waals surface area contributed by atoms with Crippen LogP contribution in [-0.2, 0) is 14.9 Å². The number of alkyl halides is 4. The lowest BCUT2D eigenvalue weighted by atomic mass is 10.2. The fraction of sp³-hybridized carbons (Fsp3) is 0.882. The van der Waals surface area contributed by atoms with Gasteiger partial charge in [-0.25, -0.2) is 8.42 Å². The smallest absolute Gasteiger partial charge is 0.463 e. The molecule has 1 unspecified atom stereocenters. The third-order valence-electron chi connectivity index (χ3n) is 3.84. The van der Waals surface area contributed by atoms with Crippen molar-refractivity contribution in [1.29, 1.82) is 0 Å². The van der Waals surface area contributed by atoms with Crippen LogP contribution in [0.1, 0.15) is 53.4 Å². The summed E-state index contributed by atoms with van der Waals surface area (Å²) in [7, 11) is -6.31. The highest BCUT2D eigenvalue weighted by molar-refractivity contribution is 7.86. The van der Waals surface area contributed by atoms with Crippen molar-refractivity contribution in [2.45, 2.75) is 64.7 Å². The molecule has 0 spiro atoms. The minimum absolute atomic E-state index is 0.672. The third-order valence-corrected chi connectivity index (χ3v) is 4.83. The molecule has 0 aromatic heterocycles. The Morgan fingerprint density at radius 1 is 0.926 bits per heavy atom. The van der Waals surface area contributed by atoms with Gasteiger partial charge in [-0.2, -0.15) is 17.6 Å². The lowest BCUT2D eigenvalue weighted by molar-refractivity contribution is -0.928. The minimum Gasteiger partial charge on any atom is -0.743 e. The Balaban J connectivity index is 0. The van der Waals surface area contributed by atoms with Crippen LogP contribution in [0, 0.1) is 0 Å². The molecule has 10 heteroatoms. The molecule has 0 amide bonds. The maximum atomic E-state index is 12.7. The van der Waals surface area contributed by atoms with Crippen LogP contribution in [0.25, 0.3) is 0 Å². The average Bonchev–Trinajstić information content (AvgIpc) is 2.52. The van der Waals surface area contributed by atoms with E-state index >= 15 is 0 Å². The van der Waals surface area contributed by atoms with Crippen molar-refractivity contribution in [3.05, 3.63) is 12.7 Å². The molecule has 0 aliphatic carbocycles. The van der Waals surface area contributed by atoms with Crippen molar-refractivity contribution in [2.75, 3.05) is 32.8 Å². The Hall–Kier alpha value is -0.710. The molecule has 0 N–H and O–H groups in total. The molecule has 1 atom stereocenters. The summed E-state index contributed by atoms with van der Waals surface area (Å²) in [5.74, 6) is 0. The second-order valence-electron chi connectivity index (χ2n) is 6.32. The predicted molar refractivity (Wildman–Crippen MR) is 96.6 cm³/mol. The molecule has 0 aromatic rings. The van der Waals surface area contributed by atoms with Crippen LogP contribution in [0.4, 0.5) is 17.6 Å². The molecule has 0 saturated heterocycles. The van der Waals surface area contributed by atoms with Crippen molar-refractivity contribution >= 4 is 10.1 Å². The number of quaternary nitrogens is 1. The summed E-state index contributed by atoms with van der Waals surface area (Å²) in [6.07, 6.45) is 0.0574. The van der Waals surface area contributed by atoms with Gasteiger partial charge in [0.05, 0.1) is 32.8 Å². The van der Waals surface area contributed by atoms with Crippen LogP contribution in [0.15, 0.2) is 12.7 Å². The Labute approximate surface area is 160 Å². The second-order valence-corrected chi connectivity index (χ2v) is 7.76. The van der Waals surface area contributed by atoms with Crippen molar-refractivity contribution in [3.63, 3.8) is 0 Å². The van der Waals surface area contributed by atoms with Gasteiger partial charge in [0, 0.05) is 0 Å². The van der Waals surface area contributed by atoms with Crippen LogP contribution < -0.4 is 0 Å². The lowest BCUT2D eigenvalue weighted by Gasteiger charge is -2.38. The Morgan fingerprint density at radius 3 is 1.44 bits per heavy atom. The molecule has 0 aromatic carbocycles. The summed E-state index contributed by atoms with van der Waals surface area (Å²) in [5.41, 5.74) is 0. The van der Waals surface area contributed by atoms with Crippen molar-refractivity contribution in [1.82, 2.24) is 0 Å². The van der Waals surface area contributed by atoms with E-state index in [1.165, 1.54) is 56.3 Å². The minimum atomic E-state index is -6.31. The van der Waals surface area contributed by atoms with Gasteiger partial charge in [0.2, 0.25) is 0 Å². The highest BCUT2D eigenvalue weighted by Gasteiger charge is 2.63. The van der Waals surface area contributed by atoms with E-state index in [2.05, 4.69) is 39.0 Å². The Bertz CT molecular complexity index is 482. The zero-order valence-electron chi connectivity index (χ0n) is 16.6. The van der Waals surface area contributed by atoms with Gasteiger partial charge in [0.1, 0.15) is 0 Å². The van der Waals surface area contributed by atoms with E-state index in [1.54, 1.807) is 0 Å². The lowest BCUT2D eigenvalue weighted by Crippen LogP contribution is -2.50. The second kappa shape index (κ2) is 12.7. The highest BCUT2D eigenvalue weighted by Crippen LogP contribution is 2.38. The van der Waals surface area contributed by atoms with E-state index in [1.807, 2.05) is 0 Å². The summed E-state index contributed by atoms with van der Waals surface area (Å²) in [6, 6.07) is 0. The summed E-state index contributed by atoms with van der Waals surface area (Å²) >= 11 is 0. The molecule has 0 aliphatic rings. The number of rotatable bonds is 12. The van der Waals surface area contributed by atoms with Gasteiger partial charge in [-0.1, -0.05) is 33.8 Å². The first-order chi connectivity index (χ1) is 12.3. The summed E-state index contributed by atoms with van der Waals surface area (Å²) in [6.45, 7) is 16.6. The van der Waals surface area contributed by atoms with Crippen LogP contribution in [0.3, 0.4) is 0 Å². The predicted octanol–water partition coefficient (Wildman–Crippen LogP) is 4.36. The molecule has 0 rings (SSSR count). The molecule has 0 radical (unpaired) electrons. The van der Waals surface area contributed by atoms with Gasteiger partial charge in [-0.3, -0.25) is 0 Å². The van der Waals surface area contributed by atoms with Crippen LogP contribution in [0.2, 0.25) is 0 Å². The van der Waals surface area contributed by atoms with Crippen molar-refractivity contribution < 1.29 is 39.8 Å². The molecule has 0 saturated carbocycles. The third kappa shape index (κ3) is 9.36. The summed E-state index contributed by atoms with van der Waals surface area (Å²) in [4.78, 5) is 0. The molecular formula is C17H33F4NO4S. The van der Waals surface area contributed by atoms with E-state index < -0.39 is 28.1 Å². The van der Waals surface area contributed by atoms with Gasteiger partial charge in [-0.05, 0) is 25.7 Å². The van der Waals surface area contributed by atoms with Crippen LogP contribution in [0.5, 0.6) is 0 Å². The molecular weight excluding hydrogens is 390 g/mol. The molecule has 0 aliphatic heterocycles. The standard InChI is InChI=1S/C12H28N.C5H6F4O4S/c1-5-9-13(10-6-2,11-7-3)12-8-4;1-2-3-13-5(9,4(6,7)8)14(10,11)12/h5-12H2,1-4H3;2H,1,3H2,(H,10,11,12)/q+1;/p-1. The van der Waals surface area contributed by atoms with Gasteiger partial charge < -0.3 is 13.8 Å². The normalized spacial score (nSPS) is 14.9. The van der Waals surface area contributed by atoms with Gasteiger partial charge in [0.25, 0.3) is 0 Å². The molecule has 27 heavy (non-hydrogen) atoms. The Kier molecular flexibility index (Phi) is 13.4. The number of nitrogens with zero attached hydrogens (tertiary/aromatic N) is 1. The quantitative estimate of drug-likeness (QED) is 0.202. The SMILES string of the molecule is C=CCOC(F)(C(F)(F)F)S(=O)(=O)[O-].CCC[N+](CCC)(CCC)CCC. The fourth-order valence-corrected chi connectivity index (χ4v) is 3.53. The summed E-state index contributed by atoms with van der Waals surface area (Å²) < 4.78 is 82.8. The largest absolute Gasteiger partial charge is 0.743 e. The molecule has 0 heterocycles. The molecule has 164 valence electrons. The first-order valence-electron chi connectivity index (χ1n) is 9.11. The van der Waals surface area contributed by atoms with Gasteiger partial charge in [0.15, 0.2) is 10.1 Å². The first kappa shape index (κ1) is 28.5. The number of hydrogen-bond acceptors (Lipinski definition) is 4. The molecule has 5 nitrogen and oxygen atoms in total. The van der Waals surface area contributed by atoms with E-state index in [-0.39, 0.29) is 0 Å². The van der Waals surface area contributed by atoms with E-state index in [0.29, 0.717) is 6.08 Å². The zero-order chi connectivity index (χ0) is 21.8. The fourth-order valence-electron chi connectivity index (χ4n) is 3.03. The van der Waals surface area contributed by atoms with Crippen molar-refractivity contribution in [2.24, 2.45) is 0 Å². The van der Waals surface area contributed by atoms with Gasteiger partial charge in [-0.15, -0.1) is 6.58 Å². The summed E-state index contributed by atoms with van der Waals surface area (Å²) in [5, 5.41) is -5.23. The topological polar surface area (TPSA) is 66.4 Å². The monoisotopic (exact) mass is 423 g/mol. The van der Waals surface area contributed by atoms with Crippen LogP contribution in [-0.4, -0.2) is 61.6 Å². The van der Waals surface area contributed by atoms with E-state index in [9.17, 15) is 30.5 Å². The highest BCUT2D eigenvalue weighted by atomic mass is 32.2. The van der Waals surface area contributed by atoms with E-state index in [4.69, 9.17) is 0 Å². The van der Waals surface area contributed by atoms with E-state index in [0.717, 1.165) is 0 Å². The Morgan fingerprint density at radius 2 is 1.26 bits per heavy atom. The average molecular weight is 424 g/mol. The maximum Gasteiger partial charge on any atom is 0.463 e.